The Hall–Kier alpha value is -0.610. The summed E-state index contributed by atoms with van der Waals surface area (Å²) in [6.07, 6.45) is 0.0674. The summed E-state index contributed by atoms with van der Waals surface area (Å²) in [7, 11) is 0. The first-order valence-corrected chi connectivity index (χ1v) is 5.32. The Labute approximate surface area is 91.9 Å². The number of hydrogen-bond acceptors (Lipinski definition) is 4. The first-order valence-electron chi connectivity index (χ1n) is 5.32. The first-order chi connectivity index (χ1) is 6.91. The monoisotopic (exact) mass is 218 g/mol. The number of carbonyl (C=O) groups is 1. The molecular formula is C11H22O4. The average molecular weight is 218 g/mol. The topological polar surface area (TPSA) is 44.8 Å². The molecule has 2 unspecified atom stereocenters. The molecule has 4 nitrogen and oxygen atoms in total. The summed E-state index contributed by atoms with van der Waals surface area (Å²) in [5.74, 6) is -0.280. The highest BCUT2D eigenvalue weighted by atomic mass is 16.6. The molecule has 0 rings (SSSR count). The maximum Gasteiger partial charge on any atom is 0.302 e. The van der Waals surface area contributed by atoms with Gasteiger partial charge in [0.2, 0.25) is 0 Å². The fourth-order valence-electron chi connectivity index (χ4n) is 1.22. The highest BCUT2D eigenvalue weighted by molar-refractivity contribution is 5.66. The molecule has 0 aliphatic heterocycles. The molecule has 0 aromatic carbocycles. The van der Waals surface area contributed by atoms with Crippen molar-refractivity contribution in [2.24, 2.45) is 0 Å². The average Bonchev–Trinajstić information content (AvgIpc) is 2.00. The van der Waals surface area contributed by atoms with E-state index >= 15 is 0 Å². The van der Waals surface area contributed by atoms with Crippen LogP contribution in [-0.4, -0.2) is 37.5 Å². The molecule has 0 aromatic heterocycles. The van der Waals surface area contributed by atoms with E-state index in [2.05, 4.69) is 0 Å². The Kier molecular flexibility index (Phi) is 7.34. The fraction of sp³-hybridized carbons (Fsp3) is 0.909. The summed E-state index contributed by atoms with van der Waals surface area (Å²) in [5, 5.41) is 0. The Bertz CT molecular complexity index is 179. The molecule has 0 spiro atoms. The van der Waals surface area contributed by atoms with Crippen molar-refractivity contribution < 1.29 is 19.0 Å². The van der Waals surface area contributed by atoms with E-state index in [0.29, 0.717) is 13.2 Å². The quantitative estimate of drug-likeness (QED) is 0.611. The number of rotatable bonds is 7. The molecule has 0 saturated carbocycles. The van der Waals surface area contributed by atoms with E-state index in [0.717, 1.165) is 0 Å². The van der Waals surface area contributed by atoms with E-state index in [1.165, 1.54) is 6.92 Å². The molecule has 0 bridgehead atoms. The molecule has 0 aromatic rings. The van der Waals surface area contributed by atoms with Crippen molar-refractivity contribution in [1.29, 1.82) is 0 Å². The van der Waals surface area contributed by atoms with Gasteiger partial charge in [-0.2, -0.15) is 0 Å². The zero-order valence-electron chi connectivity index (χ0n) is 10.3. The summed E-state index contributed by atoms with van der Waals surface area (Å²) in [6.45, 7) is 10.0. The normalized spacial score (nSPS) is 15.1. The molecule has 0 fully saturated rings. The van der Waals surface area contributed by atoms with Gasteiger partial charge in [0.1, 0.15) is 6.10 Å². The van der Waals surface area contributed by atoms with Gasteiger partial charge in [-0.05, 0) is 27.7 Å². The maximum absolute atomic E-state index is 10.6. The molecular weight excluding hydrogens is 196 g/mol. The van der Waals surface area contributed by atoms with Crippen LogP contribution in [0, 0.1) is 0 Å². The van der Waals surface area contributed by atoms with Gasteiger partial charge in [0.25, 0.3) is 0 Å². The first kappa shape index (κ1) is 14.4. The van der Waals surface area contributed by atoms with Gasteiger partial charge in [-0.15, -0.1) is 0 Å². The molecule has 4 heteroatoms. The van der Waals surface area contributed by atoms with Crippen molar-refractivity contribution in [2.45, 2.75) is 52.9 Å². The van der Waals surface area contributed by atoms with Crippen molar-refractivity contribution in [3.8, 4) is 0 Å². The predicted molar refractivity (Wildman–Crippen MR) is 57.7 cm³/mol. The van der Waals surface area contributed by atoms with Crippen LogP contribution in [0.25, 0.3) is 0 Å². The minimum atomic E-state index is -0.280. The molecule has 0 amide bonds. The van der Waals surface area contributed by atoms with Crippen LogP contribution in [0.4, 0.5) is 0 Å². The molecule has 0 aliphatic rings. The van der Waals surface area contributed by atoms with Crippen LogP contribution in [0.5, 0.6) is 0 Å². The molecule has 0 heterocycles. The molecule has 0 radical (unpaired) electrons. The van der Waals surface area contributed by atoms with E-state index < -0.39 is 0 Å². The number of hydrogen-bond donors (Lipinski definition) is 0. The zero-order valence-corrected chi connectivity index (χ0v) is 10.3. The number of esters is 1. The van der Waals surface area contributed by atoms with Gasteiger partial charge >= 0.3 is 5.97 Å². The minimum absolute atomic E-state index is 0.0644. The van der Waals surface area contributed by atoms with Gasteiger partial charge in [-0.1, -0.05) is 0 Å². The number of carbonyl (C=O) groups excluding carboxylic acids is 1. The highest BCUT2D eigenvalue weighted by Gasteiger charge is 2.08. The van der Waals surface area contributed by atoms with Gasteiger partial charge < -0.3 is 14.2 Å². The van der Waals surface area contributed by atoms with Crippen LogP contribution >= 0.6 is 0 Å². The molecule has 2 atom stereocenters. The fourth-order valence-corrected chi connectivity index (χ4v) is 1.22. The van der Waals surface area contributed by atoms with Crippen LogP contribution in [-0.2, 0) is 19.0 Å². The van der Waals surface area contributed by atoms with Crippen LogP contribution < -0.4 is 0 Å². The highest BCUT2D eigenvalue weighted by Crippen LogP contribution is 1.99. The summed E-state index contributed by atoms with van der Waals surface area (Å²) >= 11 is 0. The lowest BCUT2D eigenvalue weighted by Gasteiger charge is -2.17. The molecule has 90 valence electrons. The largest absolute Gasteiger partial charge is 0.460 e. The third-order valence-electron chi connectivity index (χ3n) is 1.58. The van der Waals surface area contributed by atoms with Crippen molar-refractivity contribution in [2.75, 3.05) is 13.2 Å². The van der Waals surface area contributed by atoms with Gasteiger partial charge in [0.05, 0.1) is 25.4 Å². The van der Waals surface area contributed by atoms with Crippen LogP contribution in [0.15, 0.2) is 0 Å². The second kappa shape index (κ2) is 7.65. The van der Waals surface area contributed by atoms with Gasteiger partial charge in [0, 0.05) is 6.92 Å². The lowest BCUT2D eigenvalue weighted by atomic mass is 10.4. The Morgan fingerprint density at radius 3 is 2.07 bits per heavy atom. The smallest absolute Gasteiger partial charge is 0.302 e. The van der Waals surface area contributed by atoms with Crippen LogP contribution in [0.1, 0.15) is 34.6 Å². The summed E-state index contributed by atoms with van der Waals surface area (Å²) in [6, 6.07) is 0. The van der Waals surface area contributed by atoms with Crippen molar-refractivity contribution >= 4 is 5.97 Å². The van der Waals surface area contributed by atoms with Gasteiger partial charge in [0.15, 0.2) is 0 Å². The SMILES string of the molecule is CC(=O)OC(C)COCC(C)OC(C)C. The van der Waals surface area contributed by atoms with Crippen molar-refractivity contribution in [3.05, 3.63) is 0 Å². The zero-order chi connectivity index (χ0) is 11.8. The van der Waals surface area contributed by atoms with Crippen molar-refractivity contribution in [1.82, 2.24) is 0 Å². The summed E-state index contributed by atoms with van der Waals surface area (Å²) < 4.78 is 15.7. The Morgan fingerprint density at radius 1 is 1.07 bits per heavy atom. The Morgan fingerprint density at radius 2 is 1.60 bits per heavy atom. The molecule has 15 heavy (non-hydrogen) atoms. The summed E-state index contributed by atoms with van der Waals surface area (Å²) in [4.78, 5) is 10.6. The van der Waals surface area contributed by atoms with E-state index in [-0.39, 0.29) is 24.3 Å². The molecule has 0 saturated heterocycles. The maximum atomic E-state index is 10.6. The van der Waals surface area contributed by atoms with Crippen molar-refractivity contribution in [3.63, 3.8) is 0 Å². The van der Waals surface area contributed by atoms with Crippen LogP contribution in [0.3, 0.4) is 0 Å². The lowest BCUT2D eigenvalue weighted by Crippen LogP contribution is -2.24. The molecule has 0 N–H and O–H groups in total. The second-order valence-electron chi connectivity index (χ2n) is 3.95. The third-order valence-corrected chi connectivity index (χ3v) is 1.58. The van der Waals surface area contributed by atoms with E-state index in [9.17, 15) is 4.79 Å². The second-order valence-corrected chi connectivity index (χ2v) is 3.95. The predicted octanol–water partition coefficient (Wildman–Crippen LogP) is 1.77. The number of ether oxygens (including phenoxy) is 3. The van der Waals surface area contributed by atoms with Crippen LogP contribution in [0.2, 0.25) is 0 Å². The van der Waals surface area contributed by atoms with E-state index in [1.807, 2.05) is 20.8 Å². The third kappa shape index (κ3) is 9.69. The standard InChI is InChI=1S/C11H22O4/c1-8(2)14-9(3)6-13-7-10(4)15-11(5)12/h8-10H,6-7H2,1-5H3. The minimum Gasteiger partial charge on any atom is -0.460 e. The van der Waals surface area contributed by atoms with Gasteiger partial charge in [-0.25, -0.2) is 0 Å². The Balaban J connectivity index is 3.48. The van der Waals surface area contributed by atoms with E-state index in [1.54, 1.807) is 6.92 Å². The summed E-state index contributed by atoms with van der Waals surface area (Å²) in [5.41, 5.74) is 0. The van der Waals surface area contributed by atoms with Gasteiger partial charge in [-0.3, -0.25) is 4.79 Å². The molecule has 0 aliphatic carbocycles. The lowest BCUT2D eigenvalue weighted by molar-refractivity contribution is -0.149. The van der Waals surface area contributed by atoms with E-state index in [4.69, 9.17) is 14.2 Å².